The third kappa shape index (κ3) is 3.67. The number of nitrogens with one attached hydrogen (secondary N) is 1. The maximum absolute atomic E-state index is 11.2. The second-order valence-corrected chi connectivity index (χ2v) is 7.45. The lowest BCUT2D eigenvalue weighted by Gasteiger charge is -2.40. The van der Waals surface area contributed by atoms with Gasteiger partial charge >= 0.3 is 0 Å². The molecule has 1 aromatic rings. The Bertz CT molecular complexity index is 488. The highest BCUT2D eigenvalue weighted by molar-refractivity contribution is 9.10. The molecule has 0 unspecified atom stereocenters. The Labute approximate surface area is 134 Å². The van der Waals surface area contributed by atoms with E-state index < -0.39 is 0 Å². The number of halogens is 1. The Morgan fingerprint density at radius 3 is 2.24 bits per heavy atom. The molecular weight excluding hydrogens is 328 g/mol. The third-order valence-electron chi connectivity index (χ3n) is 5.08. The normalized spacial score (nSPS) is 32.4. The molecule has 1 amide bonds. The van der Waals surface area contributed by atoms with Crippen LogP contribution in [0.1, 0.15) is 50.0 Å². The lowest BCUT2D eigenvalue weighted by Crippen LogP contribution is -2.47. The van der Waals surface area contributed by atoms with Crippen molar-refractivity contribution in [3.8, 4) is 0 Å². The van der Waals surface area contributed by atoms with Gasteiger partial charge in [0.1, 0.15) is 0 Å². The van der Waals surface area contributed by atoms with Crippen LogP contribution in [0.3, 0.4) is 0 Å². The van der Waals surface area contributed by atoms with Gasteiger partial charge in [-0.2, -0.15) is 0 Å². The molecule has 4 heteroatoms. The van der Waals surface area contributed by atoms with E-state index in [2.05, 4.69) is 45.5 Å². The van der Waals surface area contributed by atoms with Gasteiger partial charge in [0.15, 0.2) is 0 Å². The van der Waals surface area contributed by atoms with Crippen molar-refractivity contribution in [3.63, 3.8) is 0 Å². The predicted octanol–water partition coefficient (Wildman–Crippen LogP) is 3.33. The summed E-state index contributed by atoms with van der Waals surface area (Å²) in [4.78, 5) is 11.2. The van der Waals surface area contributed by atoms with Crippen molar-refractivity contribution in [1.29, 1.82) is 0 Å². The molecule has 114 valence electrons. The minimum absolute atomic E-state index is 0.111. The van der Waals surface area contributed by atoms with Gasteiger partial charge in [-0.15, -0.1) is 0 Å². The van der Waals surface area contributed by atoms with Crippen LogP contribution in [-0.2, 0) is 4.79 Å². The Hall–Kier alpha value is -0.870. The van der Waals surface area contributed by atoms with E-state index in [1.807, 2.05) is 0 Å². The fourth-order valence-electron chi connectivity index (χ4n) is 3.64. The number of hydrogen-bond acceptors (Lipinski definition) is 2. The molecule has 0 atom stereocenters. The molecule has 21 heavy (non-hydrogen) atoms. The Morgan fingerprint density at radius 2 is 1.67 bits per heavy atom. The van der Waals surface area contributed by atoms with E-state index in [0.29, 0.717) is 18.0 Å². The molecule has 3 N–H and O–H groups in total. The van der Waals surface area contributed by atoms with Crippen LogP contribution in [0, 0.1) is 5.92 Å². The zero-order chi connectivity index (χ0) is 14.8. The summed E-state index contributed by atoms with van der Waals surface area (Å²) in [6.45, 7) is 0. The summed E-state index contributed by atoms with van der Waals surface area (Å²) in [5.74, 6) is 0.699. The number of carbonyl (C=O) groups is 1. The minimum atomic E-state index is -0.118. The van der Waals surface area contributed by atoms with E-state index in [4.69, 9.17) is 5.73 Å². The Morgan fingerprint density at radius 1 is 1.05 bits per heavy atom. The first-order chi connectivity index (χ1) is 10.1. The fourth-order valence-corrected chi connectivity index (χ4v) is 3.90. The number of carbonyl (C=O) groups excluding carboxylic acids is 1. The molecule has 1 aromatic carbocycles. The number of hydrogen-bond donors (Lipinski definition) is 2. The minimum Gasteiger partial charge on any atom is -0.369 e. The highest BCUT2D eigenvalue weighted by Crippen LogP contribution is 2.38. The highest BCUT2D eigenvalue weighted by Gasteiger charge is 2.33. The van der Waals surface area contributed by atoms with Crippen LogP contribution in [0.5, 0.6) is 0 Å². The molecule has 2 aliphatic rings. The smallest absolute Gasteiger partial charge is 0.220 e. The maximum Gasteiger partial charge on any atom is 0.220 e. The first-order valence-corrected chi connectivity index (χ1v) is 8.72. The molecule has 2 fully saturated rings. The van der Waals surface area contributed by atoms with Crippen LogP contribution in [0.2, 0.25) is 0 Å². The fraction of sp³-hybridized carbons (Fsp3) is 0.588. The second-order valence-electron chi connectivity index (χ2n) is 6.53. The summed E-state index contributed by atoms with van der Waals surface area (Å²) in [7, 11) is 0. The van der Waals surface area contributed by atoms with Crippen molar-refractivity contribution < 1.29 is 4.79 Å². The lowest BCUT2D eigenvalue weighted by molar-refractivity contribution is -0.122. The number of benzene rings is 1. The van der Waals surface area contributed by atoms with Gasteiger partial charge in [0.2, 0.25) is 5.91 Å². The van der Waals surface area contributed by atoms with Crippen LogP contribution in [0.25, 0.3) is 0 Å². The lowest BCUT2D eigenvalue weighted by atomic mass is 9.75. The first-order valence-electron chi connectivity index (χ1n) is 7.92. The number of amides is 1. The zero-order valence-electron chi connectivity index (χ0n) is 12.2. The van der Waals surface area contributed by atoms with Crippen LogP contribution >= 0.6 is 15.9 Å². The van der Waals surface area contributed by atoms with Crippen molar-refractivity contribution in [1.82, 2.24) is 5.32 Å². The van der Waals surface area contributed by atoms with Crippen molar-refractivity contribution >= 4 is 21.8 Å². The van der Waals surface area contributed by atoms with Gasteiger partial charge in [0.05, 0.1) is 0 Å². The van der Waals surface area contributed by atoms with Gasteiger partial charge in [-0.25, -0.2) is 0 Å². The summed E-state index contributed by atoms with van der Waals surface area (Å²) < 4.78 is 1.14. The van der Waals surface area contributed by atoms with Crippen LogP contribution < -0.4 is 11.1 Å². The predicted molar refractivity (Wildman–Crippen MR) is 88.0 cm³/mol. The largest absolute Gasteiger partial charge is 0.369 e. The SMILES string of the molecule is NC(=O)C1CCC(NC2CC(c3ccc(Br)cc3)C2)CC1. The average molecular weight is 351 g/mol. The molecular formula is C17H23BrN2O. The van der Waals surface area contributed by atoms with Crippen LogP contribution in [0.4, 0.5) is 0 Å². The topological polar surface area (TPSA) is 55.1 Å². The first kappa shape index (κ1) is 15.0. The van der Waals surface area contributed by atoms with E-state index >= 15 is 0 Å². The third-order valence-corrected chi connectivity index (χ3v) is 5.61. The van der Waals surface area contributed by atoms with Crippen molar-refractivity contribution in [2.45, 2.75) is 56.5 Å². The molecule has 0 spiro atoms. The molecule has 0 aliphatic heterocycles. The Balaban J connectivity index is 1.41. The van der Waals surface area contributed by atoms with Crippen molar-refractivity contribution in [2.75, 3.05) is 0 Å². The van der Waals surface area contributed by atoms with E-state index in [-0.39, 0.29) is 11.8 Å². The number of primary amides is 1. The summed E-state index contributed by atoms with van der Waals surface area (Å²) in [5, 5.41) is 3.76. The van der Waals surface area contributed by atoms with Gasteiger partial charge < -0.3 is 11.1 Å². The summed E-state index contributed by atoms with van der Waals surface area (Å²) >= 11 is 3.48. The van der Waals surface area contributed by atoms with Gasteiger partial charge in [-0.3, -0.25) is 4.79 Å². The van der Waals surface area contributed by atoms with Crippen LogP contribution in [-0.4, -0.2) is 18.0 Å². The van der Waals surface area contributed by atoms with Gasteiger partial charge in [-0.1, -0.05) is 28.1 Å². The second kappa shape index (κ2) is 6.49. The molecule has 0 aromatic heterocycles. The van der Waals surface area contributed by atoms with Gasteiger partial charge in [0.25, 0.3) is 0 Å². The summed E-state index contributed by atoms with van der Waals surface area (Å²) in [6, 6.07) is 9.93. The van der Waals surface area contributed by atoms with Gasteiger partial charge in [-0.05, 0) is 62.1 Å². The molecule has 3 rings (SSSR count). The summed E-state index contributed by atoms with van der Waals surface area (Å²) in [5.41, 5.74) is 6.83. The van der Waals surface area contributed by atoms with E-state index in [0.717, 1.165) is 30.2 Å². The molecule has 0 heterocycles. The Kier molecular flexibility index (Phi) is 4.65. The van der Waals surface area contributed by atoms with Crippen molar-refractivity contribution in [2.24, 2.45) is 11.7 Å². The quantitative estimate of drug-likeness (QED) is 0.874. The number of rotatable bonds is 4. The molecule has 0 radical (unpaired) electrons. The molecule has 0 bridgehead atoms. The summed E-state index contributed by atoms with van der Waals surface area (Å²) in [6.07, 6.45) is 6.56. The molecule has 2 aliphatic carbocycles. The molecule has 0 saturated heterocycles. The monoisotopic (exact) mass is 350 g/mol. The van der Waals surface area contributed by atoms with Gasteiger partial charge in [0, 0.05) is 22.5 Å². The zero-order valence-corrected chi connectivity index (χ0v) is 13.8. The average Bonchev–Trinajstić information content (AvgIpc) is 2.44. The van der Waals surface area contributed by atoms with E-state index in [1.165, 1.54) is 18.4 Å². The van der Waals surface area contributed by atoms with E-state index in [9.17, 15) is 4.79 Å². The van der Waals surface area contributed by atoms with E-state index in [1.54, 1.807) is 0 Å². The standard InChI is InChI=1S/C17H23BrN2O/c18-14-5-1-11(2-6-14)13-9-16(10-13)20-15-7-3-12(4-8-15)17(19)21/h1-2,5-6,12-13,15-16,20H,3-4,7-10H2,(H2,19,21). The highest BCUT2D eigenvalue weighted by atomic mass is 79.9. The van der Waals surface area contributed by atoms with Crippen LogP contribution in [0.15, 0.2) is 28.7 Å². The molecule has 3 nitrogen and oxygen atoms in total. The number of nitrogens with two attached hydrogens (primary N) is 1. The maximum atomic E-state index is 11.2. The molecule has 2 saturated carbocycles. The van der Waals surface area contributed by atoms with Crippen molar-refractivity contribution in [3.05, 3.63) is 34.3 Å².